The highest BCUT2D eigenvalue weighted by molar-refractivity contribution is 7.92. The first kappa shape index (κ1) is 28.2. The number of rotatable bonds is 6. The van der Waals surface area contributed by atoms with E-state index in [4.69, 9.17) is 4.98 Å². The van der Waals surface area contributed by atoms with Crippen LogP contribution in [0.4, 0.5) is 15.9 Å². The highest BCUT2D eigenvalue weighted by atomic mass is 35.5. The molecule has 36 heavy (non-hydrogen) atoms. The van der Waals surface area contributed by atoms with Gasteiger partial charge in [-0.25, -0.2) is 17.8 Å². The minimum Gasteiger partial charge on any atom is -0.354 e. The molecule has 0 radical (unpaired) electrons. The SMILES string of the molecule is Cl.Cl.O=S(=O)(Nc1ccc(-c2ccc(N3CCN(C4CCCC4)CC3)nc2)cc1)c1cccc(F)c1. The molecule has 0 bridgehead atoms. The maximum absolute atomic E-state index is 13.4. The molecule has 6 nitrogen and oxygen atoms in total. The van der Waals surface area contributed by atoms with Crippen LogP contribution in [0.15, 0.2) is 71.8 Å². The molecule has 0 amide bonds. The van der Waals surface area contributed by atoms with Gasteiger partial charge in [0.1, 0.15) is 11.6 Å². The molecular weight excluding hydrogens is 522 g/mol. The van der Waals surface area contributed by atoms with Crippen molar-refractivity contribution in [2.45, 2.75) is 36.6 Å². The van der Waals surface area contributed by atoms with Gasteiger partial charge in [0.05, 0.1) is 4.90 Å². The van der Waals surface area contributed by atoms with Gasteiger partial charge in [-0.15, -0.1) is 24.8 Å². The monoisotopic (exact) mass is 552 g/mol. The van der Waals surface area contributed by atoms with Crippen LogP contribution in [0.5, 0.6) is 0 Å². The van der Waals surface area contributed by atoms with Gasteiger partial charge in [0.15, 0.2) is 0 Å². The van der Waals surface area contributed by atoms with Crippen molar-refractivity contribution in [2.24, 2.45) is 0 Å². The topological polar surface area (TPSA) is 65.5 Å². The van der Waals surface area contributed by atoms with Crippen LogP contribution in [0.25, 0.3) is 11.1 Å². The lowest BCUT2D eigenvalue weighted by Gasteiger charge is -2.38. The molecule has 0 unspecified atom stereocenters. The zero-order valence-electron chi connectivity index (χ0n) is 19.8. The van der Waals surface area contributed by atoms with Gasteiger partial charge in [-0.3, -0.25) is 9.62 Å². The second-order valence-corrected chi connectivity index (χ2v) is 10.7. The fraction of sp³-hybridized carbons (Fsp3) is 0.346. The second kappa shape index (κ2) is 12.2. The molecule has 2 aromatic carbocycles. The number of nitrogens with zero attached hydrogens (tertiary/aromatic N) is 3. The lowest BCUT2D eigenvalue weighted by Crippen LogP contribution is -2.49. The van der Waals surface area contributed by atoms with E-state index >= 15 is 0 Å². The van der Waals surface area contributed by atoms with E-state index in [0.717, 1.165) is 55.2 Å². The quantitative estimate of drug-likeness (QED) is 0.431. The fourth-order valence-corrected chi connectivity index (χ4v) is 6.00. The molecule has 1 N–H and O–H groups in total. The van der Waals surface area contributed by atoms with Crippen LogP contribution in [0, 0.1) is 5.82 Å². The lowest BCUT2D eigenvalue weighted by molar-refractivity contribution is 0.187. The summed E-state index contributed by atoms with van der Waals surface area (Å²) in [4.78, 5) is 9.57. The molecular formula is C26H31Cl2FN4O2S. The molecule has 1 saturated heterocycles. The van der Waals surface area contributed by atoms with Crippen molar-refractivity contribution in [3.63, 3.8) is 0 Å². The highest BCUT2D eigenvalue weighted by Gasteiger charge is 2.26. The number of halogens is 3. The maximum atomic E-state index is 13.4. The Morgan fingerprint density at radius 3 is 2.14 bits per heavy atom. The van der Waals surface area contributed by atoms with Gasteiger partial charge in [-0.1, -0.05) is 31.0 Å². The van der Waals surface area contributed by atoms with E-state index < -0.39 is 15.8 Å². The first-order chi connectivity index (χ1) is 16.5. The van der Waals surface area contributed by atoms with E-state index in [0.29, 0.717) is 5.69 Å². The Hall–Kier alpha value is -2.39. The van der Waals surface area contributed by atoms with Crippen LogP contribution in [0.3, 0.4) is 0 Å². The molecule has 3 aromatic rings. The molecule has 10 heteroatoms. The predicted molar refractivity (Wildman–Crippen MR) is 147 cm³/mol. The summed E-state index contributed by atoms with van der Waals surface area (Å²) in [6.45, 7) is 4.20. The summed E-state index contributed by atoms with van der Waals surface area (Å²) in [6, 6.07) is 16.9. The molecule has 1 saturated carbocycles. The summed E-state index contributed by atoms with van der Waals surface area (Å²) in [5.74, 6) is 0.402. The first-order valence-corrected chi connectivity index (χ1v) is 13.3. The normalized spacial score (nSPS) is 16.8. The van der Waals surface area contributed by atoms with Crippen molar-refractivity contribution in [1.29, 1.82) is 0 Å². The van der Waals surface area contributed by atoms with Gasteiger partial charge in [0.2, 0.25) is 0 Å². The third kappa shape index (κ3) is 6.48. The smallest absolute Gasteiger partial charge is 0.261 e. The van der Waals surface area contributed by atoms with E-state index in [1.807, 2.05) is 18.3 Å². The molecule has 2 aliphatic rings. The van der Waals surface area contributed by atoms with E-state index in [1.165, 1.54) is 43.9 Å². The average molecular weight is 554 g/mol. The Morgan fingerprint density at radius 2 is 1.53 bits per heavy atom. The van der Waals surface area contributed by atoms with Crippen LogP contribution in [-0.2, 0) is 10.0 Å². The Labute approximate surface area is 224 Å². The summed E-state index contributed by atoms with van der Waals surface area (Å²) in [6.07, 6.45) is 7.29. The minimum absolute atomic E-state index is 0. The predicted octanol–water partition coefficient (Wildman–Crippen LogP) is 5.60. The van der Waals surface area contributed by atoms with Crippen LogP contribution < -0.4 is 9.62 Å². The highest BCUT2D eigenvalue weighted by Crippen LogP contribution is 2.27. The number of hydrogen-bond donors (Lipinski definition) is 1. The Morgan fingerprint density at radius 1 is 0.861 bits per heavy atom. The minimum atomic E-state index is -3.85. The summed E-state index contributed by atoms with van der Waals surface area (Å²) < 4.78 is 40.9. The Bertz CT molecular complexity index is 1230. The van der Waals surface area contributed by atoms with Crippen LogP contribution >= 0.6 is 24.8 Å². The van der Waals surface area contributed by atoms with Gasteiger partial charge < -0.3 is 4.90 Å². The zero-order chi connectivity index (χ0) is 23.5. The number of anilines is 2. The molecule has 1 aliphatic carbocycles. The Balaban J connectivity index is 0.00000180. The van der Waals surface area contributed by atoms with Crippen molar-refractivity contribution in [1.82, 2.24) is 9.88 Å². The average Bonchev–Trinajstić information content (AvgIpc) is 3.40. The molecule has 1 aromatic heterocycles. The van der Waals surface area contributed by atoms with Crippen molar-refractivity contribution in [3.05, 3.63) is 72.7 Å². The van der Waals surface area contributed by atoms with Gasteiger partial charge >= 0.3 is 0 Å². The van der Waals surface area contributed by atoms with Gasteiger partial charge in [-0.2, -0.15) is 0 Å². The van der Waals surface area contributed by atoms with Gasteiger partial charge in [0, 0.05) is 49.7 Å². The molecule has 5 rings (SSSR count). The van der Waals surface area contributed by atoms with Crippen LogP contribution in [-0.4, -0.2) is 50.5 Å². The summed E-state index contributed by atoms with van der Waals surface area (Å²) in [5.41, 5.74) is 2.32. The molecule has 0 spiro atoms. The molecule has 2 heterocycles. The summed E-state index contributed by atoms with van der Waals surface area (Å²) in [7, 11) is -3.85. The van der Waals surface area contributed by atoms with Crippen molar-refractivity contribution in [3.8, 4) is 11.1 Å². The number of benzene rings is 2. The third-order valence-electron chi connectivity index (χ3n) is 6.80. The lowest BCUT2D eigenvalue weighted by atomic mass is 10.1. The molecule has 0 atom stereocenters. The number of sulfonamides is 1. The number of nitrogens with one attached hydrogen (secondary N) is 1. The number of hydrogen-bond acceptors (Lipinski definition) is 5. The molecule has 2 fully saturated rings. The van der Waals surface area contributed by atoms with Gasteiger partial charge in [-0.05, 0) is 60.9 Å². The Kier molecular flexibility index (Phi) is 9.58. The van der Waals surface area contributed by atoms with Crippen LogP contribution in [0.1, 0.15) is 25.7 Å². The number of aromatic nitrogens is 1. The largest absolute Gasteiger partial charge is 0.354 e. The van der Waals surface area contributed by atoms with Crippen molar-refractivity contribution >= 4 is 46.3 Å². The first-order valence-electron chi connectivity index (χ1n) is 11.8. The van der Waals surface area contributed by atoms with Crippen molar-refractivity contribution in [2.75, 3.05) is 35.8 Å². The summed E-state index contributed by atoms with van der Waals surface area (Å²) in [5, 5.41) is 0. The number of piperazine rings is 1. The molecule has 194 valence electrons. The molecule has 1 aliphatic heterocycles. The summed E-state index contributed by atoms with van der Waals surface area (Å²) >= 11 is 0. The van der Waals surface area contributed by atoms with E-state index in [9.17, 15) is 12.8 Å². The second-order valence-electron chi connectivity index (χ2n) is 9.01. The van der Waals surface area contributed by atoms with Crippen molar-refractivity contribution < 1.29 is 12.8 Å². The maximum Gasteiger partial charge on any atom is 0.261 e. The standard InChI is InChI=1S/C26H29FN4O2S.2ClH/c27-22-4-3-7-25(18-22)34(32,33)29-23-11-8-20(9-12-23)21-10-13-26(28-19-21)31-16-14-30(15-17-31)24-5-1-2-6-24;;/h3-4,7-13,18-19,24,29H,1-2,5-6,14-17H2;2*1H. The fourth-order valence-electron chi connectivity index (χ4n) is 4.91. The van der Waals surface area contributed by atoms with E-state index in [-0.39, 0.29) is 29.7 Å². The van der Waals surface area contributed by atoms with Gasteiger partial charge in [0.25, 0.3) is 10.0 Å². The van der Waals surface area contributed by atoms with Crippen LogP contribution in [0.2, 0.25) is 0 Å². The van der Waals surface area contributed by atoms with E-state index in [1.54, 1.807) is 12.1 Å². The zero-order valence-corrected chi connectivity index (χ0v) is 22.3. The third-order valence-corrected chi connectivity index (χ3v) is 8.18. The van der Waals surface area contributed by atoms with E-state index in [2.05, 4.69) is 26.7 Å². The number of pyridine rings is 1.